The van der Waals surface area contributed by atoms with Gasteiger partial charge in [0.15, 0.2) is 0 Å². The van der Waals surface area contributed by atoms with E-state index in [1.165, 1.54) is 5.56 Å². The van der Waals surface area contributed by atoms with E-state index in [0.717, 1.165) is 39.5 Å². The summed E-state index contributed by atoms with van der Waals surface area (Å²) >= 11 is 7.82. The van der Waals surface area contributed by atoms with Crippen molar-refractivity contribution >= 4 is 40.8 Å². The van der Waals surface area contributed by atoms with Crippen molar-refractivity contribution in [2.75, 3.05) is 13.1 Å². The number of benzene rings is 2. The summed E-state index contributed by atoms with van der Waals surface area (Å²) in [4.78, 5) is 44.1. The molecule has 0 radical (unpaired) electrons. The summed E-state index contributed by atoms with van der Waals surface area (Å²) in [6.45, 7) is 3.20. The van der Waals surface area contributed by atoms with E-state index >= 15 is 0 Å². The predicted molar refractivity (Wildman–Crippen MR) is 136 cm³/mol. The molecule has 2 aliphatic heterocycles. The van der Waals surface area contributed by atoms with Gasteiger partial charge in [-0.15, -0.1) is 11.3 Å². The van der Waals surface area contributed by atoms with Crippen LogP contribution in [0.3, 0.4) is 0 Å². The quantitative estimate of drug-likeness (QED) is 0.532. The molecule has 1 atom stereocenters. The first-order valence-electron chi connectivity index (χ1n) is 11.6. The van der Waals surface area contributed by atoms with Gasteiger partial charge in [0.05, 0.1) is 22.0 Å². The number of urea groups is 1. The maximum absolute atomic E-state index is 12.9. The van der Waals surface area contributed by atoms with Crippen LogP contribution in [0.4, 0.5) is 4.79 Å². The van der Waals surface area contributed by atoms with E-state index in [-0.39, 0.29) is 18.2 Å². The van der Waals surface area contributed by atoms with Crippen LogP contribution in [-0.4, -0.2) is 46.9 Å². The highest BCUT2D eigenvalue weighted by atomic mass is 35.5. The first-order valence-corrected chi connectivity index (χ1v) is 12.8. The summed E-state index contributed by atoms with van der Waals surface area (Å²) in [6.07, 6.45) is 1.53. The van der Waals surface area contributed by atoms with Crippen molar-refractivity contribution in [3.63, 3.8) is 0 Å². The van der Waals surface area contributed by atoms with E-state index in [0.29, 0.717) is 18.1 Å². The molecule has 0 aliphatic carbocycles. The van der Waals surface area contributed by atoms with Gasteiger partial charge in [-0.05, 0) is 37.5 Å². The highest BCUT2D eigenvalue weighted by Crippen LogP contribution is 2.42. The standard InChI is InChI=1S/C26H25ClN4O3S/c1-15-2-4-17(5-3-15)23-22(16-6-8-19(27)9-7-16)30-24(35-23)18-10-12-31(13-11-18)25(33)20-14-21(32)29-26(34)28-20/h2-9,18,20H,10-14H2,1H3,(H2,28,29,32,34). The molecule has 0 spiro atoms. The lowest BCUT2D eigenvalue weighted by Gasteiger charge is -2.34. The smallest absolute Gasteiger partial charge is 0.322 e. The Morgan fingerprint density at radius 1 is 1.03 bits per heavy atom. The lowest BCUT2D eigenvalue weighted by Crippen LogP contribution is -2.58. The van der Waals surface area contributed by atoms with E-state index in [4.69, 9.17) is 16.6 Å². The summed E-state index contributed by atoms with van der Waals surface area (Å²) in [5.41, 5.74) is 4.30. The number of rotatable bonds is 4. The Hall–Kier alpha value is -3.23. The molecular weight excluding hydrogens is 484 g/mol. The zero-order valence-electron chi connectivity index (χ0n) is 19.2. The molecule has 0 saturated carbocycles. The van der Waals surface area contributed by atoms with Gasteiger partial charge in [-0.2, -0.15) is 0 Å². The molecule has 2 N–H and O–H groups in total. The second kappa shape index (κ2) is 9.79. The van der Waals surface area contributed by atoms with E-state index in [9.17, 15) is 14.4 Å². The van der Waals surface area contributed by atoms with Crippen molar-refractivity contribution in [2.45, 2.75) is 38.1 Å². The molecule has 9 heteroatoms. The van der Waals surface area contributed by atoms with Crippen molar-refractivity contribution < 1.29 is 14.4 Å². The minimum absolute atomic E-state index is 0.0264. The van der Waals surface area contributed by atoms with Gasteiger partial charge in [0.25, 0.3) is 0 Å². The lowest BCUT2D eigenvalue weighted by atomic mass is 9.96. The van der Waals surface area contributed by atoms with Gasteiger partial charge in [0.2, 0.25) is 11.8 Å². The van der Waals surface area contributed by atoms with Crippen molar-refractivity contribution in [3.8, 4) is 21.7 Å². The van der Waals surface area contributed by atoms with E-state index < -0.39 is 18.0 Å². The highest BCUT2D eigenvalue weighted by molar-refractivity contribution is 7.15. The number of likely N-dealkylation sites (tertiary alicyclic amines) is 1. The molecule has 4 amide bonds. The van der Waals surface area contributed by atoms with Gasteiger partial charge in [-0.1, -0.05) is 53.6 Å². The Morgan fingerprint density at radius 3 is 2.34 bits per heavy atom. The number of amides is 4. The van der Waals surface area contributed by atoms with Gasteiger partial charge in [0, 0.05) is 29.6 Å². The molecule has 5 rings (SSSR count). The zero-order valence-corrected chi connectivity index (χ0v) is 20.8. The van der Waals surface area contributed by atoms with E-state index in [2.05, 4.69) is 41.8 Å². The molecule has 7 nitrogen and oxygen atoms in total. The number of imide groups is 1. The fourth-order valence-corrected chi connectivity index (χ4v) is 5.93. The van der Waals surface area contributed by atoms with Crippen molar-refractivity contribution in [2.24, 2.45) is 0 Å². The first-order chi connectivity index (χ1) is 16.9. The number of hydrogen-bond donors (Lipinski definition) is 2. The molecule has 2 aliphatic rings. The van der Waals surface area contributed by atoms with Gasteiger partial charge in [0.1, 0.15) is 6.04 Å². The molecule has 3 aromatic rings. The number of nitrogens with one attached hydrogen (secondary N) is 2. The lowest BCUT2D eigenvalue weighted by molar-refractivity contribution is -0.137. The molecule has 2 fully saturated rings. The summed E-state index contributed by atoms with van der Waals surface area (Å²) in [6, 6.07) is 14.8. The van der Waals surface area contributed by atoms with Crippen molar-refractivity contribution in [3.05, 3.63) is 64.1 Å². The number of aryl methyl sites for hydroxylation is 1. The van der Waals surface area contributed by atoms with Crippen LogP contribution in [0.5, 0.6) is 0 Å². The molecule has 2 saturated heterocycles. The summed E-state index contributed by atoms with van der Waals surface area (Å²) < 4.78 is 0. The number of nitrogens with zero attached hydrogens (tertiary/aromatic N) is 2. The number of hydrogen-bond acceptors (Lipinski definition) is 5. The second-order valence-corrected chi connectivity index (χ2v) is 10.4. The average molecular weight is 509 g/mol. The largest absolute Gasteiger partial charge is 0.341 e. The summed E-state index contributed by atoms with van der Waals surface area (Å²) in [5, 5.41) is 6.47. The van der Waals surface area contributed by atoms with Gasteiger partial charge < -0.3 is 10.2 Å². The molecule has 180 valence electrons. The topological polar surface area (TPSA) is 91.4 Å². The van der Waals surface area contributed by atoms with Gasteiger partial charge >= 0.3 is 6.03 Å². The second-order valence-electron chi connectivity index (χ2n) is 8.98. The normalized spacial score (nSPS) is 18.8. The van der Waals surface area contributed by atoms with Gasteiger partial charge in [-0.25, -0.2) is 9.78 Å². The van der Waals surface area contributed by atoms with E-state index in [1.54, 1.807) is 16.2 Å². The van der Waals surface area contributed by atoms with Crippen molar-refractivity contribution in [1.29, 1.82) is 0 Å². The third kappa shape index (κ3) is 5.09. The number of halogens is 1. The van der Waals surface area contributed by atoms with Crippen LogP contribution in [-0.2, 0) is 9.59 Å². The van der Waals surface area contributed by atoms with Crippen LogP contribution < -0.4 is 10.6 Å². The fourth-order valence-electron chi connectivity index (χ4n) is 4.54. The Bertz CT molecular complexity index is 1190. The Kier molecular flexibility index (Phi) is 6.58. The number of carbonyl (C=O) groups is 3. The maximum atomic E-state index is 12.9. The summed E-state index contributed by atoms with van der Waals surface area (Å²) in [5.74, 6) is -0.394. The third-order valence-electron chi connectivity index (χ3n) is 6.48. The molecule has 2 aromatic carbocycles. The van der Waals surface area contributed by atoms with Crippen LogP contribution in [0.15, 0.2) is 48.5 Å². The Balaban J connectivity index is 1.36. The minimum Gasteiger partial charge on any atom is -0.341 e. The number of thiazole rings is 1. The maximum Gasteiger partial charge on any atom is 0.322 e. The SMILES string of the molecule is Cc1ccc(-c2sc(C3CCN(C(=O)C4CC(=O)NC(=O)N4)CC3)nc2-c2ccc(Cl)cc2)cc1. The molecule has 0 bridgehead atoms. The predicted octanol–water partition coefficient (Wildman–Crippen LogP) is 4.74. The third-order valence-corrected chi connectivity index (χ3v) is 8.00. The Labute approximate surface area is 212 Å². The number of piperidine rings is 1. The molecule has 35 heavy (non-hydrogen) atoms. The van der Waals surface area contributed by atoms with Crippen molar-refractivity contribution in [1.82, 2.24) is 20.5 Å². The highest BCUT2D eigenvalue weighted by Gasteiger charge is 2.35. The monoisotopic (exact) mass is 508 g/mol. The summed E-state index contributed by atoms with van der Waals surface area (Å²) in [7, 11) is 0. The van der Waals surface area contributed by atoms with Crippen LogP contribution in [0.2, 0.25) is 5.02 Å². The zero-order chi connectivity index (χ0) is 24.5. The fraction of sp³-hybridized carbons (Fsp3) is 0.308. The van der Waals surface area contributed by atoms with Gasteiger partial charge in [-0.3, -0.25) is 14.9 Å². The van der Waals surface area contributed by atoms with Crippen LogP contribution >= 0.6 is 22.9 Å². The van der Waals surface area contributed by atoms with Crippen LogP contribution in [0, 0.1) is 6.92 Å². The van der Waals surface area contributed by atoms with Crippen LogP contribution in [0.1, 0.15) is 35.8 Å². The first kappa shape index (κ1) is 23.5. The molecular formula is C26H25ClN4O3S. The molecule has 3 heterocycles. The molecule has 1 unspecified atom stereocenters. The number of carbonyl (C=O) groups excluding carboxylic acids is 3. The minimum atomic E-state index is -0.794. The molecule has 1 aromatic heterocycles. The van der Waals surface area contributed by atoms with E-state index in [1.807, 2.05) is 24.3 Å². The average Bonchev–Trinajstić information content (AvgIpc) is 3.29. The Morgan fingerprint density at radius 2 is 1.69 bits per heavy atom. The van der Waals surface area contributed by atoms with Crippen LogP contribution in [0.25, 0.3) is 21.7 Å². The number of aromatic nitrogens is 1.